The van der Waals surface area contributed by atoms with Gasteiger partial charge in [0.25, 0.3) is 0 Å². The van der Waals surface area contributed by atoms with Gasteiger partial charge >= 0.3 is 0 Å². The number of likely N-dealkylation sites (tertiary alicyclic amines) is 1. The van der Waals surface area contributed by atoms with Crippen molar-refractivity contribution in [1.82, 2.24) is 9.88 Å². The van der Waals surface area contributed by atoms with Crippen molar-refractivity contribution in [1.29, 1.82) is 0 Å². The molecule has 3 nitrogen and oxygen atoms in total. The molecule has 0 N–H and O–H groups in total. The van der Waals surface area contributed by atoms with Crippen molar-refractivity contribution < 1.29 is 13.6 Å². The zero-order valence-electron chi connectivity index (χ0n) is 12.2. The van der Waals surface area contributed by atoms with E-state index in [2.05, 4.69) is 4.98 Å². The Morgan fingerprint density at radius 1 is 1.27 bits per heavy atom. The number of hydrogen-bond acceptors (Lipinski definition) is 2. The quantitative estimate of drug-likeness (QED) is 0.872. The molecular formula is C17H16F2N2O. The van der Waals surface area contributed by atoms with Crippen LogP contribution in [0.25, 0.3) is 0 Å². The maximum absolute atomic E-state index is 13.3. The van der Waals surface area contributed by atoms with Crippen molar-refractivity contribution in [2.24, 2.45) is 0 Å². The minimum atomic E-state index is -0.867. The Morgan fingerprint density at radius 3 is 2.82 bits per heavy atom. The number of carbonyl (C=O) groups is 1. The molecule has 3 rings (SSSR count). The first-order valence-corrected chi connectivity index (χ1v) is 7.17. The number of hydrogen-bond donors (Lipinski definition) is 0. The fourth-order valence-corrected chi connectivity index (χ4v) is 2.80. The van der Waals surface area contributed by atoms with Gasteiger partial charge in [0.15, 0.2) is 11.6 Å². The van der Waals surface area contributed by atoms with Crippen LogP contribution in [0.5, 0.6) is 0 Å². The Hall–Kier alpha value is -2.30. The van der Waals surface area contributed by atoms with Gasteiger partial charge in [-0.3, -0.25) is 9.78 Å². The molecule has 22 heavy (non-hydrogen) atoms. The van der Waals surface area contributed by atoms with Crippen LogP contribution in [-0.2, 0) is 11.3 Å². The van der Waals surface area contributed by atoms with Crippen LogP contribution in [-0.4, -0.2) is 22.3 Å². The average molecular weight is 301 g/mol. The average Bonchev–Trinajstić information content (AvgIpc) is 2.85. The Balaban J connectivity index is 1.75. The summed E-state index contributed by atoms with van der Waals surface area (Å²) < 4.78 is 26.4. The van der Waals surface area contributed by atoms with Crippen molar-refractivity contribution >= 4 is 5.91 Å². The molecule has 0 bridgehead atoms. The highest BCUT2D eigenvalue weighted by atomic mass is 19.1. The maximum atomic E-state index is 13.3. The van der Waals surface area contributed by atoms with Crippen molar-refractivity contribution in [2.45, 2.75) is 25.8 Å². The summed E-state index contributed by atoms with van der Waals surface area (Å²) in [5.74, 6) is -1.79. The van der Waals surface area contributed by atoms with E-state index in [0.29, 0.717) is 25.1 Å². The number of carbonyl (C=O) groups excluding carboxylic acids is 1. The highest BCUT2D eigenvalue weighted by Gasteiger charge is 2.31. The predicted octanol–water partition coefficient (Wildman–Crippen LogP) is 3.18. The number of aromatic nitrogens is 1. The van der Waals surface area contributed by atoms with Crippen LogP contribution in [0.4, 0.5) is 8.78 Å². The van der Waals surface area contributed by atoms with Gasteiger partial charge in [0.2, 0.25) is 5.91 Å². The molecule has 5 heteroatoms. The minimum absolute atomic E-state index is 0.0333. The lowest BCUT2D eigenvalue weighted by Gasteiger charge is -2.18. The Labute approximate surface area is 127 Å². The van der Waals surface area contributed by atoms with Gasteiger partial charge in [-0.05, 0) is 41.8 Å². The number of rotatable bonds is 3. The van der Waals surface area contributed by atoms with Gasteiger partial charge in [-0.15, -0.1) is 0 Å². The standard InChI is InChI=1S/C17H16F2N2O/c1-11-8-20-5-4-13(11)9-21-10-14(7-17(21)22)12-2-3-15(18)16(19)6-12/h2-6,8,14H,7,9-10H2,1H3/i18-1. The van der Waals surface area contributed by atoms with Crippen LogP contribution < -0.4 is 0 Å². The van der Waals surface area contributed by atoms with Crippen molar-refractivity contribution in [3.63, 3.8) is 0 Å². The monoisotopic (exact) mass is 301 g/mol. The number of nitrogens with zero attached hydrogens (tertiary/aromatic N) is 2. The molecule has 1 amide bonds. The molecule has 1 aliphatic heterocycles. The summed E-state index contributed by atoms with van der Waals surface area (Å²) in [6.45, 7) is 2.99. The van der Waals surface area contributed by atoms with Gasteiger partial charge in [0.05, 0.1) is 0 Å². The van der Waals surface area contributed by atoms with Crippen LogP contribution >= 0.6 is 0 Å². The second kappa shape index (κ2) is 5.83. The van der Waals surface area contributed by atoms with E-state index >= 15 is 0 Å². The van der Waals surface area contributed by atoms with Crippen molar-refractivity contribution in [3.05, 3.63) is 65.0 Å². The molecule has 2 heterocycles. The molecule has 0 spiro atoms. The Bertz CT molecular complexity index is 718. The first kappa shape index (κ1) is 14.6. The van der Waals surface area contributed by atoms with E-state index in [1.54, 1.807) is 23.4 Å². The predicted molar refractivity (Wildman–Crippen MR) is 78.1 cm³/mol. The van der Waals surface area contributed by atoms with Crippen LogP contribution in [0.3, 0.4) is 0 Å². The fourth-order valence-electron chi connectivity index (χ4n) is 2.80. The second-order valence-electron chi connectivity index (χ2n) is 5.65. The largest absolute Gasteiger partial charge is 0.338 e. The molecule has 1 unspecified atom stereocenters. The Morgan fingerprint density at radius 2 is 2.09 bits per heavy atom. The third-order valence-electron chi connectivity index (χ3n) is 4.13. The molecule has 1 aliphatic rings. The first-order valence-electron chi connectivity index (χ1n) is 7.17. The zero-order chi connectivity index (χ0) is 15.7. The van der Waals surface area contributed by atoms with E-state index < -0.39 is 11.6 Å². The van der Waals surface area contributed by atoms with E-state index in [-0.39, 0.29) is 11.8 Å². The first-order chi connectivity index (χ1) is 10.5. The summed E-state index contributed by atoms with van der Waals surface area (Å²) in [6, 6.07) is 5.75. The third-order valence-corrected chi connectivity index (χ3v) is 4.13. The molecule has 0 radical (unpaired) electrons. The number of amides is 1. The molecule has 1 aromatic carbocycles. The molecule has 1 aromatic heterocycles. The summed E-state index contributed by atoms with van der Waals surface area (Å²) in [5.41, 5.74) is 2.75. The van der Waals surface area contributed by atoms with Gasteiger partial charge in [-0.2, -0.15) is 0 Å². The minimum Gasteiger partial charge on any atom is -0.338 e. The Kier molecular flexibility index (Phi) is 3.88. The lowest BCUT2D eigenvalue weighted by atomic mass is 9.98. The molecular weight excluding hydrogens is 285 g/mol. The summed E-state index contributed by atoms with van der Waals surface area (Å²) >= 11 is 0. The van der Waals surface area contributed by atoms with Gasteiger partial charge in [-0.25, -0.2) is 8.78 Å². The van der Waals surface area contributed by atoms with Crippen molar-refractivity contribution in [2.75, 3.05) is 6.54 Å². The lowest BCUT2D eigenvalue weighted by molar-refractivity contribution is -0.128. The number of benzene rings is 1. The molecule has 1 fully saturated rings. The SMILES string of the molecule is Cc1cnccc1CN1CC(c2ccc([18F])c(F)c2)CC1=O. The summed E-state index contributed by atoms with van der Waals surface area (Å²) in [7, 11) is 0. The maximum Gasteiger partial charge on any atom is 0.223 e. The third kappa shape index (κ3) is 2.84. The number of aryl methyl sites for hydroxylation is 1. The van der Waals surface area contributed by atoms with Crippen LogP contribution in [0.15, 0.2) is 36.7 Å². The summed E-state index contributed by atoms with van der Waals surface area (Å²) in [5, 5.41) is 0. The molecule has 1 saturated heterocycles. The van der Waals surface area contributed by atoms with Crippen LogP contribution in [0.2, 0.25) is 0 Å². The van der Waals surface area contributed by atoms with E-state index in [9.17, 15) is 13.6 Å². The van der Waals surface area contributed by atoms with Crippen LogP contribution in [0.1, 0.15) is 29.0 Å². The normalized spacial score (nSPS) is 18.0. The number of halogens is 2. The van der Waals surface area contributed by atoms with E-state index in [1.165, 1.54) is 6.07 Å². The van der Waals surface area contributed by atoms with Gasteiger partial charge in [0, 0.05) is 37.8 Å². The van der Waals surface area contributed by atoms with Gasteiger partial charge in [0.1, 0.15) is 0 Å². The smallest absolute Gasteiger partial charge is 0.223 e. The highest BCUT2D eigenvalue weighted by Crippen LogP contribution is 2.30. The van der Waals surface area contributed by atoms with Gasteiger partial charge < -0.3 is 4.90 Å². The molecule has 114 valence electrons. The van der Waals surface area contributed by atoms with E-state index in [1.807, 2.05) is 13.0 Å². The molecule has 0 saturated carbocycles. The fraction of sp³-hybridized carbons (Fsp3) is 0.294. The molecule has 1 atom stereocenters. The van der Waals surface area contributed by atoms with E-state index in [4.69, 9.17) is 0 Å². The van der Waals surface area contributed by atoms with Crippen LogP contribution in [0, 0.1) is 18.6 Å². The summed E-state index contributed by atoms with van der Waals surface area (Å²) in [4.78, 5) is 18.0. The van der Waals surface area contributed by atoms with Gasteiger partial charge in [-0.1, -0.05) is 6.07 Å². The van der Waals surface area contributed by atoms with E-state index in [0.717, 1.165) is 17.2 Å². The highest BCUT2D eigenvalue weighted by molar-refractivity contribution is 5.79. The molecule has 2 aromatic rings. The summed E-state index contributed by atoms with van der Waals surface area (Å²) in [6.07, 6.45) is 3.80. The lowest BCUT2D eigenvalue weighted by Crippen LogP contribution is -2.24. The second-order valence-corrected chi connectivity index (χ2v) is 5.65. The number of pyridine rings is 1. The topological polar surface area (TPSA) is 33.2 Å². The zero-order valence-corrected chi connectivity index (χ0v) is 12.2. The molecule has 0 aliphatic carbocycles. The van der Waals surface area contributed by atoms with Crippen molar-refractivity contribution in [3.8, 4) is 0 Å².